The first kappa shape index (κ1) is 20.0. The van der Waals surface area contributed by atoms with Crippen LogP contribution in [-0.4, -0.2) is 39.0 Å². The van der Waals surface area contributed by atoms with Crippen LogP contribution in [0.1, 0.15) is 59.8 Å². The van der Waals surface area contributed by atoms with Crippen molar-refractivity contribution in [3.05, 3.63) is 0 Å². The van der Waals surface area contributed by atoms with Crippen LogP contribution in [0, 0.1) is 0 Å². The van der Waals surface area contributed by atoms with Crippen LogP contribution < -0.4 is 16.0 Å². The summed E-state index contributed by atoms with van der Waals surface area (Å²) < 4.78 is 0.720. The summed E-state index contributed by atoms with van der Waals surface area (Å²) >= 11 is 2.76. The van der Waals surface area contributed by atoms with Crippen molar-refractivity contribution in [1.29, 1.82) is 0 Å². The van der Waals surface area contributed by atoms with Gasteiger partial charge < -0.3 is 10.6 Å². The maximum absolute atomic E-state index is 12.1. The van der Waals surface area contributed by atoms with E-state index in [0.29, 0.717) is 6.04 Å². The fourth-order valence-corrected chi connectivity index (χ4v) is 4.50. The van der Waals surface area contributed by atoms with Crippen LogP contribution in [0.15, 0.2) is 4.34 Å². The number of nitrogens with zero attached hydrogens (tertiary/aromatic N) is 2. The molecule has 7 nitrogen and oxygen atoms in total. The highest BCUT2D eigenvalue weighted by molar-refractivity contribution is 8.02. The van der Waals surface area contributed by atoms with Gasteiger partial charge in [-0.05, 0) is 40.5 Å². The normalized spacial score (nSPS) is 17.0. The van der Waals surface area contributed by atoms with Crippen LogP contribution >= 0.6 is 23.1 Å². The van der Waals surface area contributed by atoms with Gasteiger partial charge in [-0.3, -0.25) is 10.1 Å². The molecule has 0 bridgehead atoms. The summed E-state index contributed by atoms with van der Waals surface area (Å²) in [5.74, 6) is -0.344. The average Bonchev–Trinajstić information content (AvgIpc) is 2.93. The van der Waals surface area contributed by atoms with Crippen molar-refractivity contribution in [1.82, 2.24) is 20.8 Å². The third-order valence-electron chi connectivity index (χ3n) is 3.71. The minimum Gasteiger partial charge on any atom is -0.357 e. The molecule has 0 aliphatic heterocycles. The number of urea groups is 1. The van der Waals surface area contributed by atoms with E-state index in [0.717, 1.165) is 9.47 Å². The first-order valence-corrected chi connectivity index (χ1v) is 10.3. The number of carbonyl (C=O) groups is 2. The predicted molar refractivity (Wildman–Crippen MR) is 102 cm³/mol. The quantitative estimate of drug-likeness (QED) is 0.673. The number of nitrogens with one attached hydrogen (secondary N) is 3. The van der Waals surface area contributed by atoms with Crippen molar-refractivity contribution in [2.45, 2.75) is 81.0 Å². The number of rotatable bonds is 5. The van der Waals surface area contributed by atoms with Crippen molar-refractivity contribution in [2.75, 3.05) is 5.32 Å². The standard InChI is InChI=1S/C16H27N5O2S2/c1-10(12(22)18-13(23)19-16(2,3)4)24-15-21-20-14(25-15)17-11-8-6-5-7-9-11/h10-11H,5-9H2,1-4H3,(H,17,20)(H2,18,19,22,23). The van der Waals surface area contributed by atoms with Gasteiger partial charge in [0.2, 0.25) is 11.0 Å². The molecule has 1 aromatic rings. The smallest absolute Gasteiger partial charge is 0.321 e. The van der Waals surface area contributed by atoms with Gasteiger partial charge in [-0.1, -0.05) is 42.4 Å². The first-order chi connectivity index (χ1) is 11.7. The third kappa shape index (κ3) is 7.19. The van der Waals surface area contributed by atoms with Gasteiger partial charge in [-0.15, -0.1) is 10.2 Å². The molecule has 3 amide bonds. The molecule has 1 unspecified atom stereocenters. The molecule has 2 rings (SSSR count). The van der Waals surface area contributed by atoms with Crippen LogP contribution in [0.4, 0.5) is 9.93 Å². The SMILES string of the molecule is CC(Sc1nnc(NC2CCCCC2)s1)C(=O)NC(=O)NC(C)(C)C. The Bertz CT molecular complexity index is 594. The number of hydrogen-bond donors (Lipinski definition) is 3. The van der Waals surface area contributed by atoms with Crippen LogP contribution in [0.5, 0.6) is 0 Å². The van der Waals surface area contributed by atoms with Gasteiger partial charge in [0.25, 0.3) is 0 Å². The number of amides is 3. The summed E-state index contributed by atoms with van der Waals surface area (Å²) in [5, 5.41) is 17.1. The number of carbonyl (C=O) groups excluding carboxylic acids is 2. The van der Waals surface area contributed by atoms with E-state index in [1.807, 2.05) is 20.8 Å². The molecule has 1 aliphatic rings. The number of imide groups is 1. The van der Waals surface area contributed by atoms with E-state index in [1.165, 1.54) is 55.2 Å². The van der Waals surface area contributed by atoms with Crippen LogP contribution in [-0.2, 0) is 4.79 Å². The number of hydrogen-bond acceptors (Lipinski definition) is 7. The lowest BCUT2D eigenvalue weighted by Crippen LogP contribution is -2.49. The number of aromatic nitrogens is 2. The second-order valence-electron chi connectivity index (χ2n) is 7.31. The molecule has 25 heavy (non-hydrogen) atoms. The summed E-state index contributed by atoms with van der Waals surface area (Å²) in [6.45, 7) is 7.33. The zero-order chi connectivity index (χ0) is 18.4. The van der Waals surface area contributed by atoms with E-state index in [4.69, 9.17) is 0 Å². The Hall–Kier alpha value is -1.35. The maximum Gasteiger partial charge on any atom is 0.321 e. The minimum absolute atomic E-state index is 0.344. The van der Waals surface area contributed by atoms with Crippen LogP contribution in [0.25, 0.3) is 0 Å². The Morgan fingerprint density at radius 1 is 1.20 bits per heavy atom. The monoisotopic (exact) mass is 385 g/mol. The molecule has 0 saturated heterocycles. The molecular weight excluding hydrogens is 358 g/mol. The van der Waals surface area contributed by atoms with Crippen molar-refractivity contribution < 1.29 is 9.59 Å². The molecule has 1 aliphatic carbocycles. The van der Waals surface area contributed by atoms with E-state index < -0.39 is 11.3 Å². The van der Waals surface area contributed by atoms with E-state index in [-0.39, 0.29) is 11.4 Å². The summed E-state index contributed by atoms with van der Waals surface area (Å²) in [5.41, 5.74) is -0.389. The summed E-state index contributed by atoms with van der Waals surface area (Å²) in [4.78, 5) is 23.9. The van der Waals surface area contributed by atoms with Gasteiger partial charge in [-0.25, -0.2) is 4.79 Å². The number of anilines is 1. The Morgan fingerprint density at radius 2 is 1.88 bits per heavy atom. The molecule has 3 N–H and O–H groups in total. The van der Waals surface area contributed by atoms with E-state index >= 15 is 0 Å². The van der Waals surface area contributed by atoms with Crippen LogP contribution in [0.2, 0.25) is 0 Å². The highest BCUT2D eigenvalue weighted by Crippen LogP contribution is 2.30. The fraction of sp³-hybridized carbons (Fsp3) is 0.750. The minimum atomic E-state index is -0.484. The molecule has 1 aromatic heterocycles. The second kappa shape index (κ2) is 8.84. The topological polar surface area (TPSA) is 96.0 Å². The summed E-state index contributed by atoms with van der Waals surface area (Å²) in [6.07, 6.45) is 6.16. The fourth-order valence-electron chi connectivity index (χ4n) is 2.53. The van der Waals surface area contributed by atoms with Crippen LogP contribution in [0.3, 0.4) is 0 Å². The van der Waals surface area contributed by atoms with E-state index in [9.17, 15) is 9.59 Å². The Balaban J connectivity index is 1.80. The third-order valence-corrected chi connectivity index (χ3v) is 5.75. The molecule has 0 spiro atoms. The summed E-state index contributed by atoms with van der Waals surface area (Å²) in [6, 6.07) is -0.0109. The molecule has 1 fully saturated rings. The van der Waals surface area contributed by atoms with Gasteiger partial charge in [0.1, 0.15) is 0 Å². The lowest BCUT2D eigenvalue weighted by atomic mass is 9.96. The highest BCUT2D eigenvalue weighted by Gasteiger charge is 2.22. The largest absolute Gasteiger partial charge is 0.357 e. The molecule has 1 saturated carbocycles. The average molecular weight is 386 g/mol. The number of thioether (sulfide) groups is 1. The van der Waals surface area contributed by atoms with Crippen molar-refractivity contribution in [2.24, 2.45) is 0 Å². The Labute approximate surface area is 157 Å². The summed E-state index contributed by atoms with van der Waals surface area (Å²) in [7, 11) is 0. The van der Waals surface area contributed by atoms with Gasteiger partial charge in [0.05, 0.1) is 5.25 Å². The second-order valence-corrected chi connectivity index (χ2v) is 9.87. The van der Waals surface area contributed by atoms with Gasteiger partial charge in [-0.2, -0.15) is 0 Å². The molecule has 9 heteroatoms. The molecule has 1 heterocycles. The molecular formula is C16H27N5O2S2. The van der Waals surface area contributed by atoms with Crippen molar-refractivity contribution >= 4 is 40.2 Å². The first-order valence-electron chi connectivity index (χ1n) is 8.62. The molecule has 0 radical (unpaired) electrons. The van der Waals surface area contributed by atoms with Gasteiger partial charge >= 0.3 is 6.03 Å². The zero-order valence-corrected chi connectivity index (χ0v) is 16.9. The van der Waals surface area contributed by atoms with Crippen molar-refractivity contribution in [3.63, 3.8) is 0 Å². The molecule has 0 aromatic carbocycles. The Kier molecular flexibility index (Phi) is 7.06. The molecule has 1 atom stereocenters. The maximum atomic E-state index is 12.1. The Morgan fingerprint density at radius 3 is 2.52 bits per heavy atom. The lowest BCUT2D eigenvalue weighted by Gasteiger charge is -2.21. The predicted octanol–water partition coefficient (Wildman–Crippen LogP) is 3.39. The van der Waals surface area contributed by atoms with E-state index in [1.54, 1.807) is 6.92 Å². The van der Waals surface area contributed by atoms with E-state index in [2.05, 4.69) is 26.1 Å². The highest BCUT2D eigenvalue weighted by atomic mass is 32.2. The van der Waals surface area contributed by atoms with Gasteiger partial charge in [0, 0.05) is 11.6 Å². The molecule has 140 valence electrons. The zero-order valence-electron chi connectivity index (χ0n) is 15.2. The van der Waals surface area contributed by atoms with Crippen molar-refractivity contribution in [3.8, 4) is 0 Å². The van der Waals surface area contributed by atoms with Gasteiger partial charge in [0.15, 0.2) is 4.34 Å². The lowest BCUT2D eigenvalue weighted by molar-refractivity contribution is -0.119.